The fourth-order valence-electron chi connectivity index (χ4n) is 6.12. The van der Waals surface area contributed by atoms with Crippen molar-refractivity contribution in [3.8, 4) is 16.9 Å². The lowest BCUT2D eigenvalue weighted by Crippen LogP contribution is -2.35. The Balaban J connectivity index is 1.34. The van der Waals surface area contributed by atoms with E-state index in [1.54, 1.807) is 7.11 Å². The lowest BCUT2D eigenvalue weighted by molar-refractivity contribution is 0.0772. The number of hydrogen-bond acceptors (Lipinski definition) is 4. The van der Waals surface area contributed by atoms with E-state index in [1.807, 2.05) is 76.5 Å². The monoisotopic (exact) mass is 548 g/mol. The maximum absolute atomic E-state index is 14.1. The van der Waals surface area contributed by atoms with E-state index in [0.717, 1.165) is 53.1 Å². The zero-order valence-electron chi connectivity index (χ0n) is 24.1. The number of fused-ring (bicyclic) bond motifs is 2. The van der Waals surface area contributed by atoms with Gasteiger partial charge >= 0.3 is 0 Å². The van der Waals surface area contributed by atoms with Crippen LogP contribution >= 0.6 is 0 Å². The molecule has 0 radical (unpaired) electrons. The fraction of sp³-hybridized carbons (Fsp3) is 0.294. The molecule has 0 spiro atoms. The summed E-state index contributed by atoms with van der Waals surface area (Å²) in [5.74, 6) is 0.600. The number of anilines is 1. The van der Waals surface area contributed by atoms with Crippen LogP contribution in [0.15, 0.2) is 78.9 Å². The summed E-state index contributed by atoms with van der Waals surface area (Å²) < 4.78 is 7.85. The molecule has 3 aromatic carbocycles. The number of aryl methyl sites for hydroxylation is 1. The van der Waals surface area contributed by atoms with Gasteiger partial charge in [-0.1, -0.05) is 42.5 Å². The lowest BCUT2D eigenvalue weighted by atomic mass is 9.98. The highest BCUT2D eigenvalue weighted by molar-refractivity contribution is 6.07. The van der Waals surface area contributed by atoms with Crippen molar-refractivity contribution in [1.82, 2.24) is 14.4 Å². The maximum atomic E-state index is 14.1. The van der Waals surface area contributed by atoms with E-state index in [4.69, 9.17) is 4.74 Å². The Morgan fingerprint density at radius 2 is 1.66 bits per heavy atom. The Morgan fingerprint density at radius 1 is 0.878 bits per heavy atom. The third-order valence-corrected chi connectivity index (χ3v) is 8.53. The molecule has 6 rings (SSSR count). The minimum absolute atomic E-state index is 0.0504. The molecular formula is C34H36N4O3. The molecule has 0 aliphatic carbocycles. The Labute approximate surface area is 241 Å². The molecule has 0 saturated carbocycles. The molecule has 4 aromatic rings. The van der Waals surface area contributed by atoms with Crippen LogP contribution in [0.25, 0.3) is 11.1 Å². The van der Waals surface area contributed by atoms with Crippen LogP contribution in [0.4, 0.5) is 5.69 Å². The number of amides is 2. The summed E-state index contributed by atoms with van der Waals surface area (Å²) in [6.45, 7) is 4.45. The molecule has 0 unspecified atom stereocenters. The van der Waals surface area contributed by atoms with Gasteiger partial charge in [-0.2, -0.15) is 0 Å². The van der Waals surface area contributed by atoms with Crippen molar-refractivity contribution in [2.75, 3.05) is 39.2 Å². The van der Waals surface area contributed by atoms with E-state index in [-0.39, 0.29) is 11.8 Å². The summed E-state index contributed by atoms with van der Waals surface area (Å²) in [5, 5.41) is 0. The highest BCUT2D eigenvalue weighted by atomic mass is 16.5. The third-order valence-electron chi connectivity index (χ3n) is 8.53. The van der Waals surface area contributed by atoms with Crippen molar-refractivity contribution < 1.29 is 14.3 Å². The number of likely N-dealkylation sites (N-methyl/N-ethyl adjacent to an activating group) is 1. The minimum Gasteiger partial charge on any atom is -0.496 e. The van der Waals surface area contributed by atoms with Crippen molar-refractivity contribution >= 4 is 17.5 Å². The fourth-order valence-corrected chi connectivity index (χ4v) is 6.12. The van der Waals surface area contributed by atoms with Gasteiger partial charge in [-0.05, 0) is 80.5 Å². The summed E-state index contributed by atoms with van der Waals surface area (Å²) in [6.07, 6.45) is 0.976. The molecule has 2 aliphatic rings. The summed E-state index contributed by atoms with van der Waals surface area (Å²) in [7, 11) is 5.77. The maximum Gasteiger partial charge on any atom is 0.270 e. The average Bonchev–Trinajstić information content (AvgIpc) is 3.60. The van der Waals surface area contributed by atoms with Gasteiger partial charge in [0.15, 0.2) is 0 Å². The Bertz CT molecular complexity index is 1620. The summed E-state index contributed by atoms with van der Waals surface area (Å²) in [6, 6.07) is 26.1. The van der Waals surface area contributed by atoms with Gasteiger partial charge in [-0.15, -0.1) is 0 Å². The first-order chi connectivity index (χ1) is 19.9. The van der Waals surface area contributed by atoms with E-state index >= 15 is 0 Å². The van der Waals surface area contributed by atoms with Gasteiger partial charge in [0.25, 0.3) is 11.8 Å². The molecule has 1 saturated heterocycles. The van der Waals surface area contributed by atoms with Crippen LogP contribution in [-0.4, -0.2) is 66.5 Å². The molecule has 0 bridgehead atoms. The first kappa shape index (κ1) is 26.8. The normalized spacial score (nSPS) is 16.4. The van der Waals surface area contributed by atoms with E-state index in [0.29, 0.717) is 36.1 Å². The van der Waals surface area contributed by atoms with Crippen LogP contribution in [0.5, 0.6) is 5.75 Å². The van der Waals surface area contributed by atoms with Gasteiger partial charge in [-0.25, -0.2) is 0 Å². The summed E-state index contributed by atoms with van der Waals surface area (Å²) in [4.78, 5) is 33.7. The standard InChI is InChI=1S/C34H36N4O3/c1-23-9-5-7-11-28(23)29-15-13-24(19-32(29)41-4)33(39)38-22-27-14-16-31(34(40)36-18-17-26(21-36)35(2)3)37(27)20-25-10-6-8-12-30(25)38/h5-16,19,26H,17-18,20-22H2,1-4H3/t26-/m1/s1. The number of nitrogens with zero attached hydrogens (tertiary/aromatic N) is 4. The molecule has 7 nitrogen and oxygen atoms in total. The number of ether oxygens (including phenoxy) is 1. The predicted molar refractivity (Wildman–Crippen MR) is 162 cm³/mol. The molecule has 2 amide bonds. The van der Waals surface area contributed by atoms with E-state index in [2.05, 4.69) is 42.6 Å². The van der Waals surface area contributed by atoms with Crippen LogP contribution in [0.2, 0.25) is 0 Å². The van der Waals surface area contributed by atoms with E-state index < -0.39 is 0 Å². The van der Waals surface area contributed by atoms with Crippen molar-refractivity contribution in [1.29, 1.82) is 0 Å². The number of hydrogen-bond donors (Lipinski definition) is 0. The SMILES string of the molecule is COc1cc(C(=O)N2Cc3ccc(C(=O)N4CC[C@@H](N(C)C)C4)n3Cc3ccccc32)ccc1-c1ccccc1C. The summed E-state index contributed by atoms with van der Waals surface area (Å²) in [5.41, 5.74) is 7.19. The van der Waals surface area contributed by atoms with E-state index in [1.165, 1.54) is 0 Å². The molecule has 41 heavy (non-hydrogen) atoms. The topological polar surface area (TPSA) is 58.0 Å². The first-order valence-corrected chi connectivity index (χ1v) is 14.1. The van der Waals surface area contributed by atoms with E-state index in [9.17, 15) is 9.59 Å². The Morgan fingerprint density at radius 3 is 2.41 bits per heavy atom. The highest BCUT2D eigenvalue weighted by Crippen LogP contribution is 2.35. The number of carbonyl (C=O) groups is 2. The molecule has 0 N–H and O–H groups in total. The number of carbonyl (C=O) groups excluding carboxylic acids is 2. The smallest absolute Gasteiger partial charge is 0.270 e. The zero-order valence-corrected chi connectivity index (χ0v) is 24.1. The van der Waals surface area contributed by atoms with Crippen molar-refractivity contribution in [2.24, 2.45) is 0 Å². The number of likely N-dealkylation sites (tertiary alicyclic amines) is 1. The van der Waals surface area contributed by atoms with Crippen LogP contribution in [0.1, 0.15) is 44.1 Å². The van der Waals surface area contributed by atoms with Gasteiger partial charge in [0.05, 0.1) is 20.2 Å². The third kappa shape index (κ3) is 4.91. The van der Waals surface area contributed by atoms with Gasteiger partial charge in [0.2, 0.25) is 0 Å². The molecule has 2 aliphatic heterocycles. The number of methoxy groups -OCH3 is 1. The number of benzene rings is 3. The average molecular weight is 549 g/mol. The van der Waals surface area contributed by atoms with Crippen LogP contribution in [0.3, 0.4) is 0 Å². The zero-order chi connectivity index (χ0) is 28.7. The Kier molecular flexibility index (Phi) is 7.14. The number of aromatic nitrogens is 1. The minimum atomic E-state index is -0.108. The van der Waals surface area contributed by atoms with Crippen LogP contribution < -0.4 is 9.64 Å². The quantitative estimate of drug-likeness (QED) is 0.333. The predicted octanol–water partition coefficient (Wildman–Crippen LogP) is 5.46. The Hall–Kier alpha value is -4.36. The molecule has 210 valence electrons. The molecule has 1 aromatic heterocycles. The molecule has 7 heteroatoms. The largest absolute Gasteiger partial charge is 0.496 e. The first-order valence-electron chi connectivity index (χ1n) is 14.1. The molecule has 3 heterocycles. The number of para-hydroxylation sites is 1. The second-order valence-electron chi connectivity index (χ2n) is 11.2. The number of rotatable bonds is 5. The van der Waals surface area contributed by atoms with Crippen molar-refractivity contribution in [3.05, 3.63) is 107 Å². The molecule has 1 fully saturated rings. The second-order valence-corrected chi connectivity index (χ2v) is 11.2. The van der Waals surface area contributed by atoms with Gasteiger partial charge in [-0.3, -0.25) is 9.59 Å². The van der Waals surface area contributed by atoms with Gasteiger partial charge in [0, 0.05) is 41.6 Å². The molecule has 1 atom stereocenters. The van der Waals surface area contributed by atoms with Crippen molar-refractivity contribution in [3.63, 3.8) is 0 Å². The van der Waals surface area contributed by atoms with Crippen LogP contribution in [0, 0.1) is 6.92 Å². The molecular weight excluding hydrogens is 512 g/mol. The second kappa shape index (κ2) is 10.9. The van der Waals surface area contributed by atoms with Crippen LogP contribution in [-0.2, 0) is 13.1 Å². The van der Waals surface area contributed by atoms with Crippen molar-refractivity contribution in [2.45, 2.75) is 32.5 Å². The highest BCUT2D eigenvalue weighted by Gasteiger charge is 2.32. The summed E-state index contributed by atoms with van der Waals surface area (Å²) >= 11 is 0. The van der Waals surface area contributed by atoms with Gasteiger partial charge in [0.1, 0.15) is 11.4 Å². The van der Waals surface area contributed by atoms with Gasteiger partial charge < -0.3 is 24.0 Å². The lowest BCUT2D eigenvalue weighted by Gasteiger charge is -2.23.